The molecular weight excluding hydrogens is 260 g/mol. The maximum Gasteiger partial charge on any atom is 0.151 e. The van der Waals surface area contributed by atoms with E-state index in [2.05, 4.69) is 18.7 Å². The van der Waals surface area contributed by atoms with Crippen molar-refractivity contribution in [3.8, 4) is 0 Å². The summed E-state index contributed by atoms with van der Waals surface area (Å²) < 4.78 is 26.8. The Balaban J connectivity index is 2.71. The molecule has 20 heavy (non-hydrogen) atoms. The van der Waals surface area contributed by atoms with Gasteiger partial charge in [0.15, 0.2) is 5.82 Å². The Morgan fingerprint density at radius 1 is 1.00 bits per heavy atom. The third kappa shape index (κ3) is 4.34. The zero-order valence-electron chi connectivity index (χ0n) is 12.6. The van der Waals surface area contributed by atoms with Crippen LogP contribution in [-0.2, 0) is 0 Å². The summed E-state index contributed by atoms with van der Waals surface area (Å²) in [6.45, 7) is 10.6. The van der Waals surface area contributed by atoms with Crippen LogP contribution in [0, 0.1) is 11.6 Å². The van der Waals surface area contributed by atoms with Gasteiger partial charge in [-0.05, 0) is 39.0 Å². The minimum absolute atomic E-state index is 0.0242. The zero-order chi connectivity index (χ0) is 15.1. The second-order valence-corrected chi connectivity index (χ2v) is 4.78. The molecule has 0 atom stereocenters. The molecular formula is C15H25F2N3. The minimum atomic E-state index is -0.692. The summed E-state index contributed by atoms with van der Waals surface area (Å²) in [7, 11) is 0. The second kappa shape index (κ2) is 8.04. The van der Waals surface area contributed by atoms with E-state index in [4.69, 9.17) is 5.73 Å². The fraction of sp³-hybridized carbons (Fsp3) is 0.600. The van der Waals surface area contributed by atoms with Crippen LogP contribution in [0.2, 0.25) is 0 Å². The molecule has 0 fully saturated rings. The zero-order valence-corrected chi connectivity index (χ0v) is 12.6. The lowest BCUT2D eigenvalue weighted by Gasteiger charge is -2.26. The molecule has 2 N–H and O–H groups in total. The van der Waals surface area contributed by atoms with E-state index in [1.165, 1.54) is 6.07 Å². The lowest BCUT2D eigenvalue weighted by atomic mass is 10.2. The van der Waals surface area contributed by atoms with Gasteiger partial charge in [0.2, 0.25) is 0 Å². The number of halogens is 2. The van der Waals surface area contributed by atoms with Crippen LogP contribution in [0.1, 0.15) is 27.2 Å². The molecule has 0 spiro atoms. The summed E-state index contributed by atoms with van der Waals surface area (Å²) in [4.78, 5) is 4.24. The summed E-state index contributed by atoms with van der Waals surface area (Å²) >= 11 is 0. The van der Waals surface area contributed by atoms with Gasteiger partial charge < -0.3 is 15.5 Å². The van der Waals surface area contributed by atoms with Crippen molar-refractivity contribution in [1.82, 2.24) is 4.90 Å². The van der Waals surface area contributed by atoms with Crippen molar-refractivity contribution in [1.29, 1.82) is 0 Å². The van der Waals surface area contributed by atoms with Crippen LogP contribution in [0.15, 0.2) is 12.1 Å². The molecule has 5 heteroatoms. The van der Waals surface area contributed by atoms with Gasteiger partial charge in [-0.3, -0.25) is 0 Å². The van der Waals surface area contributed by atoms with Gasteiger partial charge in [-0.15, -0.1) is 0 Å². The van der Waals surface area contributed by atoms with Gasteiger partial charge in [0.25, 0.3) is 0 Å². The molecule has 0 saturated carbocycles. The van der Waals surface area contributed by atoms with E-state index in [1.54, 1.807) is 0 Å². The Bertz CT molecular complexity index is 420. The van der Waals surface area contributed by atoms with Gasteiger partial charge in [-0.2, -0.15) is 0 Å². The van der Waals surface area contributed by atoms with Crippen LogP contribution in [0.3, 0.4) is 0 Å². The average Bonchev–Trinajstić information content (AvgIpc) is 2.43. The number of anilines is 2. The number of hydrogen-bond acceptors (Lipinski definition) is 3. The first-order chi connectivity index (χ1) is 9.53. The fourth-order valence-corrected chi connectivity index (χ4v) is 2.31. The molecule has 0 aliphatic heterocycles. The van der Waals surface area contributed by atoms with E-state index in [0.717, 1.165) is 38.7 Å². The van der Waals surface area contributed by atoms with Crippen LogP contribution in [0.4, 0.5) is 20.2 Å². The smallest absolute Gasteiger partial charge is 0.151 e. The predicted molar refractivity (Wildman–Crippen MR) is 81.1 cm³/mol. The van der Waals surface area contributed by atoms with Crippen LogP contribution >= 0.6 is 0 Å². The van der Waals surface area contributed by atoms with E-state index in [-0.39, 0.29) is 5.69 Å². The first kappa shape index (κ1) is 16.7. The van der Waals surface area contributed by atoms with Crippen molar-refractivity contribution in [3.05, 3.63) is 23.8 Å². The molecule has 0 saturated heterocycles. The van der Waals surface area contributed by atoms with E-state index in [1.807, 2.05) is 11.8 Å². The van der Waals surface area contributed by atoms with E-state index in [0.29, 0.717) is 12.2 Å². The van der Waals surface area contributed by atoms with Crippen molar-refractivity contribution in [2.75, 3.05) is 43.4 Å². The van der Waals surface area contributed by atoms with Gasteiger partial charge in [-0.25, -0.2) is 8.78 Å². The SMILES string of the molecule is CCN(CC)CCCN(CC)c1cc(F)cc(F)c1N. The van der Waals surface area contributed by atoms with E-state index in [9.17, 15) is 8.78 Å². The highest BCUT2D eigenvalue weighted by Crippen LogP contribution is 2.27. The molecule has 0 aromatic heterocycles. The molecule has 0 bridgehead atoms. The van der Waals surface area contributed by atoms with Crippen molar-refractivity contribution in [2.45, 2.75) is 27.2 Å². The molecule has 0 amide bonds. The first-order valence-corrected chi connectivity index (χ1v) is 7.25. The third-order valence-corrected chi connectivity index (χ3v) is 3.59. The average molecular weight is 285 g/mol. The van der Waals surface area contributed by atoms with Crippen molar-refractivity contribution in [2.24, 2.45) is 0 Å². The Morgan fingerprint density at radius 3 is 2.20 bits per heavy atom. The summed E-state index contributed by atoms with van der Waals surface area (Å²) in [5.41, 5.74) is 6.19. The largest absolute Gasteiger partial charge is 0.395 e. The molecule has 1 aromatic carbocycles. The van der Waals surface area contributed by atoms with E-state index >= 15 is 0 Å². The number of benzene rings is 1. The normalized spacial score (nSPS) is 11.1. The molecule has 0 aliphatic rings. The molecule has 0 radical (unpaired) electrons. The minimum Gasteiger partial charge on any atom is -0.395 e. The van der Waals surface area contributed by atoms with E-state index < -0.39 is 11.6 Å². The number of nitrogen functional groups attached to an aromatic ring is 1. The van der Waals surface area contributed by atoms with Crippen LogP contribution in [-0.4, -0.2) is 37.6 Å². The molecule has 0 unspecified atom stereocenters. The van der Waals surface area contributed by atoms with Crippen LogP contribution < -0.4 is 10.6 Å². The van der Waals surface area contributed by atoms with Gasteiger partial charge in [-0.1, -0.05) is 13.8 Å². The maximum atomic E-state index is 13.5. The van der Waals surface area contributed by atoms with Crippen molar-refractivity contribution >= 4 is 11.4 Å². The topological polar surface area (TPSA) is 32.5 Å². The summed E-state index contributed by atoms with van der Waals surface area (Å²) in [6, 6.07) is 2.13. The molecule has 114 valence electrons. The fourth-order valence-electron chi connectivity index (χ4n) is 2.31. The lowest BCUT2D eigenvalue weighted by molar-refractivity contribution is 0.301. The highest BCUT2D eigenvalue weighted by atomic mass is 19.1. The van der Waals surface area contributed by atoms with Crippen LogP contribution in [0.5, 0.6) is 0 Å². The molecule has 0 aliphatic carbocycles. The monoisotopic (exact) mass is 285 g/mol. The van der Waals surface area contributed by atoms with Gasteiger partial charge in [0, 0.05) is 19.2 Å². The predicted octanol–water partition coefficient (Wildman–Crippen LogP) is 3.11. The second-order valence-electron chi connectivity index (χ2n) is 4.78. The van der Waals surface area contributed by atoms with Crippen molar-refractivity contribution < 1.29 is 8.78 Å². The number of rotatable bonds is 8. The third-order valence-electron chi connectivity index (χ3n) is 3.59. The quantitative estimate of drug-likeness (QED) is 0.745. The molecule has 0 heterocycles. The molecule has 1 aromatic rings. The number of hydrogen-bond donors (Lipinski definition) is 1. The summed E-state index contributed by atoms with van der Waals surface area (Å²) in [6.07, 6.45) is 0.938. The Hall–Kier alpha value is -1.36. The highest BCUT2D eigenvalue weighted by Gasteiger charge is 2.14. The Kier molecular flexibility index (Phi) is 6.71. The lowest BCUT2D eigenvalue weighted by Crippen LogP contribution is -2.30. The summed E-state index contributed by atoms with van der Waals surface area (Å²) in [5.74, 6) is -1.28. The van der Waals surface area contributed by atoms with Crippen LogP contribution in [0.25, 0.3) is 0 Å². The number of nitrogens with two attached hydrogens (primary N) is 1. The first-order valence-electron chi connectivity index (χ1n) is 7.25. The highest BCUT2D eigenvalue weighted by molar-refractivity contribution is 5.68. The van der Waals surface area contributed by atoms with Gasteiger partial charge in [0.1, 0.15) is 5.82 Å². The number of nitrogens with zero attached hydrogens (tertiary/aromatic N) is 2. The Labute approximate surface area is 120 Å². The van der Waals surface area contributed by atoms with Gasteiger partial charge in [0.05, 0.1) is 11.4 Å². The maximum absolute atomic E-state index is 13.5. The summed E-state index contributed by atoms with van der Waals surface area (Å²) in [5, 5.41) is 0. The molecule has 3 nitrogen and oxygen atoms in total. The Morgan fingerprint density at radius 2 is 1.65 bits per heavy atom. The molecule has 1 rings (SSSR count). The van der Waals surface area contributed by atoms with Gasteiger partial charge >= 0.3 is 0 Å². The van der Waals surface area contributed by atoms with Crippen molar-refractivity contribution in [3.63, 3.8) is 0 Å². The standard InChI is InChI=1S/C15H25F2N3/c1-4-19(5-2)8-7-9-20(6-3)14-11-12(16)10-13(17)15(14)18/h10-11H,4-9,18H2,1-3H3.